The molecular weight excluding hydrogens is 282 g/mol. The van der Waals surface area contributed by atoms with Crippen LogP contribution in [0.4, 0.5) is 5.69 Å². The lowest BCUT2D eigenvalue weighted by Crippen LogP contribution is -2.28. The van der Waals surface area contributed by atoms with Crippen molar-refractivity contribution in [3.63, 3.8) is 0 Å². The van der Waals surface area contributed by atoms with E-state index in [0.717, 1.165) is 16.8 Å². The number of aromatic nitrogens is 1. The summed E-state index contributed by atoms with van der Waals surface area (Å²) in [6.07, 6.45) is 3.58. The zero-order valence-electron chi connectivity index (χ0n) is 12.6. The van der Waals surface area contributed by atoms with Crippen LogP contribution in [0, 0.1) is 6.92 Å². The molecule has 2 aromatic heterocycles. The molecule has 0 saturated carbocycles. The van der Waals surface area contributed by atoms with Gasteiger partial charge in [0.15, 0.2) is 0 Å². The molecule has 0 aliphatic carbocycles. The van der Waals surface area contributed by atoms with Gasteiger partial charge in [0.25, 0.3) is 5.91 Å². The first-order chi connectivity index (χ1) is 10.1. The maximum Gasteiger partial charge on any atom is 0.252 e. The average molecular weight is 303 g/mol. The summed E-state index contributed by atoms with van der Waals surface area (Å²) >= 11 is 1.64. The minimum Gasteiger partial charge on any atom is -0.383 e. The molecule has 5 heteroatoms. The third kappa shape index (κ3) is 4.29. The van der Waals surface area contributed by atoms with Crippen LogP contribution in [0.2, 0.25) is 0 Å². The highest BCUT2D eigenvalue weighted by molar-refractivity contribution is 7.10. The highest BCUT2D eigenvalue weighted by atomic mass is 32.1. The summed E-state index contributed by atoms with van der Waals surface area (Å²) in [6, 6.07) is 3.91. The molecule has 0 saturated heterocycles. The van der Waals surface area contributed by atoms with Crippen molar-refractivity contribution < 1.29 is 4.79 Å². The molecule has 2 N–H and O–H groups in total. The van der Waals surface area contributed by atoms with Crippen molar-refractivity contribution in [1.29, 1.82) is 0 Å². The largest absolute Gasteiger partial charge is 0.383 e. The van der Waals surface area contributed by atoms with Crippen molar-refractivity contribution in [2.75, 3.05) is 18.4 Å². The van der Waals surface area contributed by atoms with Gasteiger partial charge in [-0.25, -0.2) is 0 Å². The van der Waals surface area contributed by atoms with Crippen molar-refractivity contribution in [1.82, 2.24) is 10.3 Å². The lowest BCUT2D eigenvalue weighted by molar-refractivity contribution is 0.0955. The van der Waals surface area contributed by atoms with E-state index in [1.807, 2.05) is 30.6 Å². The summed E-state index contributed by atoms with van der Waals surface area (Å²) in [4.78, 5) is 17.3. The van der Waals surface area contributed by atoms with Crippen LogP contribution in [0.15, 0.2) is 29.9 Å². The molecule has 0 unspecified atom stereocenters. The van der Waals surface area contributed by atoms with Crippen LogP contribution in [-0.4, -0.2) is 24.0 Å². The Morgan fingerprint density at radius 2 is 2.19 bits per heavy atom. The summed E-state index contributed by atoms with van der Waals surface area (Å²) in [5.41, 5.74) is 2.91. The van der Waals surface area contributed by atoms with E-state index in [4.69, 9.17) is 0 Å². The summed E-state index contributed by atoms with van der Waals surface area (Å²) < 4.78 is 0. The van der Waals surface area contributed by atoms with Gasteiger partial charge in [-0.2, -0.15) is 0 Å². The minimum atomic E-state index is -0.00796. The van der Waals surface area contributed by atoms with E-state index < -0.39 is 0 Å². The predicted molar refractivity (Wildman–Crippen MR) is 88.2 cm³/mol. The molecule has 4 nitrogen and oxygen atoms in total. The van der Waals surface area contributed by atoms with Gasteiger partial charge in [-0.15, -0.1) is 11.3 Å². The van der Waals surface area contributed by atoms with Crippen LogP contribution in [0.25, 0.3) is 0 Å². The van der Waals surface area contributed by atoms with Gasteiger partial charge in [0.05, 0.1) is 5.56 Å². The number of rotatable bonds is 6. The smallest absolute Gasteiger partial charge is 0.252 e. The zero-order valence-corrected chi connectivity index (χ0v) is 13.5. The first-order valence-corrected chi connectivity index (χ1v) is 7.97. The number of amides is 1. The standard InChI is InChI=1S/C16H21N3OS/c1-11(2)15-8-13(10-21-15)16(20)19-7-6-18-14-4-5-17-9-12(14)3/h4-5,8-11H,6-7H2,1-3H3,(H,17,18)(H,19,20). The van der Waals surface area contributed by atoms with E-state index in [-0.39, 0.29) is 5.91 Å². The van der Waals surface area contributed by atoms with Crippen molar-refractivity contribution >= 4 is 22.9 Å². The van der Waals surface area contributed by atoms with Crippen LogP contribution in [0.1, 0.15) is 40.6 Å². The third-order valence-corrected chi connectivity index (χ3v) is 4.43. The maximum atomic E-state index is 12.0. The van der Waals surface area contributed by atoms with Gasteiger partial charge in [-0.05, 0) is 30.5 Å². The topological polar surface area (TPSA) is 54.0 Å². The zero-order chi connectivity index (χ0) is 15.2. The molecule has 112 valence electrons. The molecule has 2 heterocycles. The van der Waals surface area contributed by atoms with E-state index in [1.54, 1.807) is 17.5 Å². The molecule has 1 amide bonds. The number of thiophene rings is 1. The lowest BCUT2D eigenvalue weighted by Gasteiger charge is -2.09. The molecule has 2 rings (SSSR count). The van der Waals surface area contributed by atoms with Gasteiger partial charge in [0, 0.05) is 41.4 Å². The quantitative estimate of drug-likeness (QED) is 0.804. The molecule has 2 aromatic rings. The van der Waals surface area contributed by atoms with Crippen molar-refractivity contribution in [2.45, 2.75) is 26.7 Å². The molecule has 21 heavy (non-hydrogen) atoms. The molecule has 0 aliphatic rings. The Morgan fingerprint density at radius 3 is 2.86 bits per heavy atom. The number of hydrogen-bond acceptors (Lipinski definition) is 4. The minimum absolute atomic E-state index is 0.00796. The maximum absolute atomic E-state index is 12.0. The Bertz CT molecular complexity index is 607. The molecule has 0 radical (unpaired) electrons. The van der Waals surface area contributed by atoms with Crippen LogP contribution >= 0.6 is 11.3 Å². The van der Waals surface area contributed by atoms with Crippen molar-refractivity contribution in [3.8, 4) is 0 Å². The SMILES string of the molecule is Cc1cnccc1NCCNC(=O)c1csc(C(C)C)c1. The average Bonchev–Trinajstić information content (AvgIpc) is 2.95. The number of carbonyl (C=O) groups excluding carboxylic acids is 1. The van der Waals surface area contributed by atoms with Gasteiger partial charge < -0.3 is 10.6 Å². The number of carbonyl (C=O) groups is 1. The molecule has 0 bridgehead atoms. The van der Waals surface area contributed by atoms with Gasteiger partial charge in [-0.3, -0.25) is 9.78 Å². The molecule has 0 fully saturated rings. The molecule has 0 spiro atoms. The second-order valence-corrected chi connectivity index (χ2v) is 6.21. The fraction of sp³-hybridized carbons (Fsp3) is 0.375. The third-order valence-electron chi connectivity index (χ3n) is 3.20. The highest BCUT2D eigenvalue weighted by Gasteiger charge is 2.09. The van der Waals surface area contributed by atoms with Crippen LogP contribution in [-0.2, 0) is 0 Å². The Labute approximate surface area is 129 Å². The van der Waals surface area contributed by atoms with E-state index >= 15 is 0 Å². The van der Waals surface area contributed by atoms with Gasteiger partial charge >= 0.3 is 0 Å². The summed E-state index contributed by atoms with van der Waals surface area (Å²) in [7, 11) is 0. The number of hydrogen-bond donors (Lipinski definition) is 2. The summed E-state index contributed by atoms with van der Waals surface area (Å²) in [5.74, 6) is 0.458. The van der Waals surface area contributed by atoms with E-state index in [9.17, 15) is 4.79 Å². The highest BCUT2D eigenvalue weighted by Crippen LogP contribution is 2.22. The Balaban J connectivity index is 1.78. The van der Waals surface area contributed by atoms with Crippen LogP contribution in [0.5, 0.6) is 0 Å². The van der Waals surface area contributed by atoms with Gasteiger partial charge in [-0.1, -0.05) is 13.8 Å². The van der Waals surface area contributed by atoms with Crippen LogP contribution < -0.4 is 10.6 Å². The van der Waals surface area contributed by atoms with Crippen molar-refractivity contribution in [3.05, 3.63) is 45.9 Å². The van der Waals surface area contributed by atoms with Crippen molar-refractivity contribution in [2.24, 2.45) is 0 Å². The second kappa shape index (κ2) is 7.22. The summed E-state index contributed by atoms with van der Waals surface area (Å²) in [6.45, 7) is 7.56. The van der Waals surface area contributed by atoms with E-state index in [0.29, 0.717) is 19.0 Å². The Morgan fingerprint density at radius 1 is 1.38 bits per heavy atom. The molecule has 0 aliphatic heterocycles. The monoisotopic (exact) mass is 303 g/mol. The molecule has 0 atom stereocenters. The number of nitrogens with zero attached hydrogens (tertiary/aromatic N) is 1. The predicted octanol–water partition coefficient (Wildman–Crippen LogP) is 3.42. The molecular formula is C16H21N3OS. The Kier molecular flexibility index (Phi) is 5.33. The first-order valence-electron chi connectivity index (χ1n) is 7.09. The number of anilines is 1. The normalized spacial score (nSPS) is 10.7. The second-order valence-electron chi connectivity index (χ2n) is 5.27. The van der Waals surface area contributed by atoms with Crippen LogP contribution in [0.3, 0.4) is 0 Å². The van der Waals surface area contributed by atoms with E-state index in [2.05, 4.69) is 29.5 Å². The molecule has 0 aromatic carbocycles. The fourth-order valence-corrected chi connectivity index (χ4v) is 2.83. The number of aryl methyl sites for hydroxylation is 1. The van der Waals surface area contributed by atoms with Gasteiger partial charge in [0.1, 0.15) is 0 Å². The first kappa shape index (κ1) is 15.5. The summed E-state index contributed by atoms with van der Waals surface area (Å²) in [5, 5.41) is 8.14. The number of pyridine rings is 1. The van der Waals surface area contributed by atoms with Gasteiger partial charge in [0.2, 0.25) is 0 Å². The van der Waals surface area contributed by atoms with E-state index in [1.165, 1.54) is 4.88 Å². The Hall–Kier alpha value is -1.88. The lowest BCUT2D eigenvalue weighted by atomic mass is 10.1. The fourth-order valence-electron chi connectivity index (χ4n) is 1.92. The number of nitrogens with one attached hydrogen (secondary N) is 2.